The van der Waals surface area contributed by atoms with Gasteiger partial charge in [0.2, 0.25) is 0 Å². The second-order valence-corrected chi connectivity index (χ2v) is 8.64. The lowest BCUT2D eigenvalue weighted by molar-refractivity contribution is -0.155. The lowest BCUT2D eigenvalue weighted by atomic mass is 10.1. The highest BCUT2D eigenvalue weighted by atomic mass is 16.6. The summed E-state index contributed by atoms with van der Waals surface area (Å²) in [5.74, 6) is -0.109. The molecule has 0 saturated carbocycles. The number of nitrogens with zero attached hydrogens (tertiary/aromatic N) is 3. The molecule has 0 amide bonds. The van der Waals surface area contributed by atoms with Gasteiger partial charge >= 0.3 is 11.9 Å². The van der Waals surface area contributed by atoms with Crippen LogP contribution in [0.25, 0.3) is 0 Å². The zero-order valence-electron chi connectivity index (χ0n) is 18.6. The molecule has 0 bridgehead atoms. The predicted octanol–water partition coefficient (Wildman–Crippen LogP) is 3.58. The van der Waals surface area contributed by atoms with Gasteiger partial charge in [-0.3, -0.25) is 14.5 Å². The summed E-state index contributed by atoms with van der Waals surface area (Å²) in [6.45, 7) is 7.56. The van der Waals surface area contributed by atoms with Crippen LogP contribution in [0.5, 0.6) is 5.75 Å². The van der Waals surface area contributed by atoms with Crippen molar-refractivity contribution in [3.05, 3.63) is 48.0 Å². The van der Waals surface area contributed by atoms with Crippen molar-refractivity contribution in [3.63, 3.8) is 0 Å². The first kappa shape index (κ1) is 24.4. The van der Waals surface area contributed by atoms with Gasteiger partial charge in [0.05, 0.1) is 6.54 Å². The van der Waals surface area contributed by atoms with E-state index in [0.717, 1.165) is 30.8 Å². The fourth-order valence-electron chi connectivity index (χ4n) is 3.21. The van der Waals surface area contributed by atoms with Crippen molar-refractivity contribution in [1.82, 2.24) is 14.5 Å². The van der Waals surface area contributed by atoms with Crippen molar-refractivity contribution in [3.8, 4) is 5.75 Å². The smallest absolute Gasteiger partial charge is 0.326 e. The number of carbonyl (C=O) groups is 2. The van der Waals surface area contributed by atoms with Gasteiger partial charge in [0.15, 0.2) is 0 Å². The third-order valence-corrected chi connectivity index (χ3v) is 4.59. The van der Waals surface area contributed by atoms with E-state index >= 15 is 0 Å². The number of hydrogen-bond acceptors (Lipinski definition) is 6. The summed E-state index contributed by atoms with van der Waals surface area (Å²) < 4.78 is 7.21. The zero-order chi connectivity index (χ0) is 22.9. The molecule has 170 valence electrons. The van der Waals surface area contributed by atoms with Crippen LogP contribution in [0, 0.1) is 0 Å². The van der Waals surface area contributed by atoms with E-state index in [2.05, 4.69) is 9.88 Å². The molecule has 0 fully saturated rings. The molecule has 1 heterocycles. The van der Waals surface area contributed by atoms with Crippen LogP contribution >= 0.6 is 0 Å². The molecule has 2 rings (SSSR count). The van der Waals surface area contributed by atoms with E-state index in [1.807, 2.05) is 32.9 Å². The summed E-state index contributed by atoms with van der Waals surface area (Å²) in [5.41, 5.74) is 0.507. The lowest BCUT2D eigenvalue weighted by Gasteiger charge is -2.23. The van der Waals surface area contributed by atoms with Gasteiger partial charge in [0, 0.05) is 25.4 Å². The number of imidazole rings is 1. The number of esters is 1. The molecule has 0 aliphatic rings. The maximum atomic E-state index is 12.2. The topological polar surface area (TPSA) is 105 Å². The van der Waals surface area contributed by atoms with Gasteiger partial charge in [-0.15, -0.1) is 0 Å². The number of carboxylic acid groups (broad SMARTS) is 1. The van der Waals surface area contributed by atoms with Gasteiger partial charge in [-0.25, -0.2) is 4.98 Å². The van der Waals surface area contributed by atoms with Gasteiger partial charge in [0.1, 0.15) is 23.7 Å². The maximum absolute atomic E-state index is 12.2. The van der Waals surface area contributed by atoms with Crippen LogP contribution in [0.3, 0.4) is 0 Å². The summed E-state index contributed by atoms with van der Waals surface area (Å²) in [5, 5.41) is 18.3. The third-order valence-electron chi connectivity index (χ3n) is 4.59. The molecule has 0 aliphatic carbocycles. The van der Waals surface area contributed by atoms with Crippen LogP contribution in [0.15, 0.2) is 36.7 Å². The first-order valence-electron chi connectivity index (χ1n) is 10.6. The van der Waals surface area contributed by atoms with Crippen molar-refractivity contribution >= 4 is 11.9 Å². The summed E-state index contributed by atoms with van der Waals surface area (Å²) >= 11 is 0. The van der Waals surface area contributed by atoms with Crippen LogP contribution in [0.4, 0.5) is 0 Å². The van der Waals surface area contributed by atoms with Crippen LogP contribution < -0.4 is 0 Å². The minimum absolute atomic E-state index is 0.0955. The van der Waals surface area contributed by atoms with E-state index in [9.17, 15) is 14.7 Å². The highest BCUT2D eigenvalue weighted by Gasteiger charge is 2.18. The second kappa shape index (κ2) is 11.5. The normalized spacial score (nSPS) is 11.6. The van der Waals surface area contributed by atoms with Gasteiger partial charge in [-0.2, -0.15) is 0 Å². The molecule has 31 heavy (non-hydrogen) atoms. The molecule has 1 aromatic carbocycles. The van der Waals surface area contributed by atoms with Gasteiger partial charge < -0.3 is 19.5 Å². The summed E-state index contributed by atoms with van der Waals surface area (Å²) in [4.78, 5) is 29.6. The van der Waals surface area contributed by atoms with E-state index in [-0.39, 0.29) is 24.7 Å². The first-order valence-corrected chi connectivity index (χ1v) is 10.6. The third kappa shape index (κ3) is 9.65. The number of phenolic OH excluding ortho intramolecular Hbond substituents is 1. The minimum Gasteiger partial charge on any atom is -0.508 e. The number of aromatic hydroxyl groups is 1. The van der Waals surface area contributed by atoms with Gasteiger partial charge in [0.25, 0.3) is 0 Å². The largest absolute Gasteiger partial charge is 0.508 e. The molecule has 8 nitrogen and oxygen atoms in total. The molecule has 0 spiro atoms. The first-order chi connectivity index (χ1) is 14.6. The number of phenols is 1. The van der Waals surface area contributed by atoms with Crippen molar-refractivity contribution < 1.29 is 24.5 Å². The van der Waals surface area contributed by atoms with Crippen molar-refractivity contribution in [2.24, 2.45) is 0 Å². The number of hydrogen-bond donors (Lipinski definition) is 2. The Bertz CT molecular complexity index is 840. The van der Waals surface area contributed by atoms with Crippen molar-refractivity contribution in [1.29, 1.82) is 0 Å². The molecule has 0 aliphatic heterocycles. The molecule has 2 N–H and O–H groups in total. The molecular formula is C23H33N3O5. The monoisotopic (exact) mass is 431 g/mol. The highest BCUT2D eigenvalue weighted by Crippen LogP contribution is 2.15. The van der Waals surface area contributed by atoms with E-state index < -0.39 is 11.6 Å². The SMILES string of the molecule is CC(C)(C)OC(=O)Cn1ccnc1CN(CCCCCC(=O)O)Cc1ccc(O)cc1. The Morgan fingerprint density at radius 3 is 2.45 bits per heavy atom. The summed E-state index contributed by atoms with van der Waals surface area (Å²) in [6.07, 6.45) is 5.95. The maximum Gasteiger partial charge on any atom is 0.326 e. The Balaban J connectivity index is 2.02. The Labute approximate surface area is 183 Å². The molecule has 0 radical (unpaired) electrons. The van der Waals surface area contributed by atoms with E-state index in [4.69, 9.17) is 9.84 Å². The quantitative estimate of drug-likeness (QED) is 0.391. The number of benzene rings is 1. The molecule has 8 heteroatoms. The fraction of sp³-hybridized carbons (Fsp3) is 0.522. The minimum atomic E-state index is -0.773. The zero-order valence-corrected chi connectivity index (χ0v) is 18.6. The lowest BCUT2D eigenvalue weighted by Crippen LogP contribution is -2.29. The van der Waals surface area contributed by atoms with Crippen molar-refractivity contribution in [2.75, 3.05) is 6.54 Å². The highest BCUT2D eigenvalue weighted by molar-refractivity contribution is 5.69. The number of aromatic nitrogens is 2. The molecular weight excluding hydrogens is 398 g/mol. The van der Waals surface area contributed by atoms with Crippen LogP contribution in [0.2, 0.25) is 0 Å². The summed E-state index contributed by atoms with van der Waals surface area (Å²) in [6, 6.07) is 7.06. The average Bonchev–Trinajstić information content (AvgIpc) is 3.07. The van der Waals surface area contributed by atoms with Crippen LogP contribution in [-0.4, -0.2) is 48.7 Å². The number of carbonyl (C=O) groups excluding carboxylic acids is 1. The standard InChI is InChI=1S/C23H33N3O5/c1-23(2,3)31-22(30)17-26-14-12-24-20(26)16-25(13-6-4-5-7-21(28)29)15-18-8-10-19(27)11-9-18/h8-12,14,27H,4-7,13,15-17H2,1-3H3,(H,28,29). The number of unbranched alkanes of at least 4 members (excludes halogenated alkanes) is 2. The number of carboxylic acids is 1. The van der Waals surface area contributed by atoms with Gasteiger partial charge in [-0.05, 0) is 57.9 Å². The molecule has 0 atom stereocenters. The van der Waals surface area contributed by atoms with E-state index in [0.29, 0.717) is 19.5 Å². The van der Waals surface area contributed by atoms with E-state index in [1.54, 1.807) is 29.1 Å². The molecule has 0 unspecified atom stereocenters. The predicted molar refractivity (Wildman–Crippen MR) is 116 cm³/mol. The number of ether oxygens (including phenoxy) is 1. The summed E-state index contributed by atoms with van der Waals surface area (Å²) in [7, 11) is 0. The fourth-order valence-corrected chi connectivity index (χ4v) is 3.21. The Hall–Kier alpha value is -2.87. The Morgan fingerprint density at radius 1 is 1.10 bits per heavy atom. The number of aliphatic carboxylic acids is 1. The number of rotatable bonds is 12. The van der Waals surface area contributed by atoms with E-state index in [1.165, 1.54) is 0 Å². The Kier molecular flexibility index (Phi) is 9.05. The van der Waals surface area contributed by atoms with Crippen LogP contribution in [0.1, 0.15) is 57.8 Å². The average molecular weight is 432 g/mol. The molecule has 2 aromatic rings. The van der Waals surface area contributed by atoms with Crippen molar-refractivity contribution in [2.45, 2.75) is 71.7 Å². The Morgan fingerprint density at radius 2 is 1.81 bits per heavy atom. The second-order valence-electron chi connectivity index (χ2n) is 8.64. The van der Waals surface area contributed by atoms with Gasteiger partial charge in [-0.1, -0.05) is 18.6 Å². The van der Waals surface area contributed by atoms with Crippen LogP contribution in [-0.2, 0) is 34.0 Å². The molecule has 1 aromatic heterocycles. The molecule has 0 saturated heterocycles.